The molecule has 0 unspecified atom stereocenters. The van der Waals surface area contributed by atoms with E-state index in [9.17, 15) is 14.4 Å². The molecule has 0 atom stereocenters. The molecule has 2 rings (SSSR count). The Bertz CT molecular complexity index is 642. The lowest BCUT2D eigenvalue weighted by molar-refractivity contribution is -0.147. The monoisotopic (exact) mass is 331 g/mol. The Labute approximate surface area is 140 Å². The molecule has 1 aliphatic rings. The summed E-state index contributed by atoms with van der Waals surface area (Å²) in [5, 5.41) is 5.20. The molecular weight excluding hydrogens is 310 g/mol. The predicted molar refractivity (Wildman–Crippen MR) is 87.9 cm³/mol. The van der Waals surface area contributed by atoms with Crippen molar-refractivity contribution in [1.29, 1.82) is 0 Å². The largest absolute Gasteiger partial charge is 0.465 e. The highest BCUT2D eigenvalue weighted by Crippen LogP contribution is 2.12. The Kier molecular flexibility index (Phi) is 6.06. The SMILES string of the molecule is CCOC(=O)CN(Cc1ccccc1)C(=O)C1=NN(C)C(=O)CC1. The number of hydrogen-bond donors (Lipinski definition) is 0. The summed E-state index contributed by atoms with van der Waals surface area (Å²) in [4.78, 5) is 37.5. The molecule has 0 bridgehead atoms. The second-order valence-electron chi connectivity index (χ2n) is 5.42. The van der Waals surface area contributed by atoms with Crippen LogP contribution in [0.3, 0.4) is 0 Å². The minimum Gasteiger partial charge on any atom is -0.465 e. The Balaban J connectivity index is 2.17. The van der Waals surface area contributed by atoms with Gasteiger partial charge in [0.2, 0.25) is 5.91 Å². The second kappa shape index (κ2) is 8.24. The first-order valence-electron chi connectivity index (χ1n) is 7.84. The third kappa shape index (κ3) is 4.65. The van der Waals surface area contributed by atoms with E-state index in [0.717, 1.165) is 5.56 Å². The fourth-order valence-electron chi connectivity index (χ4n) is 2.37. The number of carbonyl (C=O) groups is 3. The minimum atomic E-state index is -0.470. The van der Waals surface area contributed by atoms with Crippen molar-refractivity contribution in [1.82, 2.24) is 9.91 Å². The molecule has 128 valence electrons. The normalized spacial score (nSPS) is 14.2. The van der Waals surface area contributed by atoms with Crippen molar-refractivity contribution in [2.75, 3.05) is 20.2 Å². The lowest BCUT2D eigenvalue weighted by Gasteiger charge is -2.25. The van der Waals surface area contributed by atoms with Crippen molar-refractivity contribution in [2.24, 2.45) is 5.10 Å². The van der Waals surface area contributed by atoms with Crippen LogP contribution in [0, 0.1) is 0 Å². The molecule has 1 aliphatic heterocycles. The number of amides is 2. The van der Waals surface area contributed by atoms with Crippen LogP contribution in [0.5, 0.6) is 0 Å². The van der Waals surface area contributed by atoms with E-state index in [1.54, 1.807) is 6.92 Å². The van der Waals surface area contributed by atoms with Gasteiger partial charge in [-0.15, -0.1) is 0 Å². The molecule has 1 aromatic carbocycles. The lowest BCUT2D eigenvalue weighted by atomic mass is 10.1. The van der Waals surface area contributed by atoms with Crippen LogP contribution in [0.2, 0.25) is 0 Å². The third-order valence-electron chi connectivity index (χ3n) is 3.58. The van der Waals surface area contributed by atoms with E-state index >= 15 is 0 Å². The zero-order valence-corrected chi connectivity index (χ0v) is 13.9. The van der Waals surface area contributed by atoms with Gasteiger partial charge in [-0.1, -0.05) is 30.3 Å². The number of nitrogens with zero attached hydrogens (tertiary/aromatic N) is 3. The zero-order chi connectivity index (χ0) is 17.5. The summed E-state index contributed by atoms with van der Waals surface area (Å²) in [6, 6.07) is 9.38. The van der Waals surface area contributed by atoms with Crippen molar-refractivity contribution in [3.8, 4) is 0 Å². The minimum absolute atomic E-state index is 0.133. The lowest BCUT2D eigenvalue weighted by Crippen LogP contribution is -2.42. The maximum Gasteiger partial charge on any atom is 0.325 e. The highest BCUT2D eigenvalue weighted by Gasteiger charge is 2.27. The van der Waals surface area contributed by atoms with Gasteiger partial charge in [-0.05, 0) is 12.5 Å². The Morgan fingerprint density at radius 1 is 1.25 bits per heavy atom. The van der Waals surface area contributed by atoms with Crippen LogP contribution in [0.25, 0.3) is 0 Å². The van der Waals surface area contributed by atoms with Gasteiger partial charge in [0.1, 0.15) is 12.3 Å². The van der Waals surface area contributed by atoms with Gasteiger partial charge in [-0.2, -0.15) is 5.10 Å². The molecule has 0 spiro atoms. The Morgan fingerprint density at radius 3 is 2.58 bits per heavy atom. The van der Waals surface area contributed by atoms with Crippen LogP contribution in [0.4, 0.5) is 0 Å². The number of hydrazone groups is 1. The molecule has 0 aromatic heterocycles. The molecule has 24 heavy (non-hydrogen) atoms. The molecule has 7 heteroatoms. The third-order valence-corrected chi connectivity index (χ3v) is 3.58. The summed E-state index contributed by atoms with van der Waals surface area (Å²) in [6.07, 6.45) is 0.510. The topological polar surface area (TPSA) is 79.3 Å². The smallest absolute Gasteiger partial charge is 0.325 e. The number of esters is 1. The number of rotatable bonds is 6. The number of benzene rings is 1. The number of hydrogen-bond acceptors (Lipinski definition) is 5. The molecule has 0 aliphatic carbocycles. The summed E-state index contributed by atoms with van der Waals surface area (Å²) in [6.45, 7) is 2.09. The standard InChI is InChI=1S/C17H21N3O4/c1-3-24-16(22)12-20(11-13-7-5-4-6-8-13)17(23)14-9-10-15(21)19(2)18-14/h4-8H,3,9-12H2,1-2H3. The van der Waals surface area contributed by atoms with Gasteiger partial charge >= 0.3 is 5.97 Å². The molecule has 0 radical (unpaired) electrons. The van der Waals surface area contributed by atoms with Gasteiger partial charge in [0, 0.05) is 26.4 Å². The van der Waals surface area contributed by atoms with E-state index in [-0.39, 0.29) is 50.1 Å². The average molecular weight is 331 g/mol. The van der Waals surface area contributed by atoms with Gasteiger partial charge in [-0.25, -0.2) is 5.01 Å². The van der Waals surface area contributed by atoms with Crippen LogP contribution >= 0.6 is 0 Å². The molecule has 0 saturated heterocycles. The van der Waals surface area contributed by atoms with E-state index in [1.807, 2.05) is 30.3 Å². The molecule has 0 fully saturated rings. The van der Waals surface area contributed by atoms with Crippen molar-refractivity contribution in [3.63, 3.8) is 0 Å². The van der Waals surface area contributed by atoms with Gasteiger partial charge in [0.15, 0.2) is 0 Å². The molecular formula is C17H21N3O4. The second-order valence-corrected chi connectivity index (χ2v) is 5.42. The summed E-state index contributed by atoms with van der Waals surface area (Å²) >= 11 is 0. The first-order chi connectivity index (χ1) is 11.5. The molecule has 1 heterocycles. The van der Waals surface area contributed by atoms with Crippen LogP contribution < -0.4 is 0 Å². The van der Waals surface area contributed by atoms with Crippen LogP contribution in [-0.2, 0) is 25.7 Å². The van der Waals surface area contributed by atoms with E-state index in [2.05, 4.69) is 5.10 Å². The molecule has 0 N–H and O–H groups in total. The van der Waals surface area contributed by atoms with Gasteiger partial charge < -0.3 is 9.64 Å². The highest BCUT2D eigenvalue weighted by molar-refractivity contribution is 6.39. The van der Waals surface area contributed by atoms with Gasteiger partial charge in [0.05, 0.1) is 6.61 Å². The van der Waals surface area contributed by atoms with Crippen LogP contribution in [0.15, 0.2) is 35.4 Å². The first kappa shape index (κ1) is 17.7. The van der Waals surface area contributed by atoms with Crippen molar-refractivity contribution in [2.45, 2.75) is 26.3 Å². The molecule has 1 aromatic rings. The Morgan fingerprint density at radius 2 is 1.96 bits per heavy atom. The highest BCUT2D eigenvalue weighted by atomic mass is 16.5. The predicted octanol–water partition coefficient (Wildman–Crippen LogP) is 1.19. The molecule has 2 amide bonds. The zero-order valence-electron chi connectivity index (χ0n) is 13.9. The van der Waals surface area contributed by atoms with Crippen LogP contribution in [-0.4, -0.2) is 53.6 Å². The maximum absolute atomic E-state index is 12.7. The summed E-state index contributed by atoms with van der Waals surface area (Å²) in [5.41, 5.74) is 1.17. The number of carbonyl (C=O) groups excluding carboxylic acids is 3. The fourth-order valence-corrected chi connectivity index (χ4v) is 2.37. The molecule has 0 saturated carbocycles. The van der Waals surface area contributed by atoms with Crippen LogP contribution in [0.1, 0.15) is 25.3 Å². The summed E-state index contributed by atoms with van der Waals surface area (Å²) in [7, 11) is 1.52. The fraction of sp³-hybridized carbons (Fsp3) is 0.412. The van der Waals surface area contributed by atoms with Gasteiger partial charge in [-0.3, -0.25) is 14.4 Å². The summed E-state index contributed by atoms with van der Waals surface area (Å²) in [5.74, 6) is -0.958. The Hall–Kier alpha value is -2.70. The van der Waals surface area contributed by atoms with Gasteiger partial charge in [0.25, 0.3) is 5.91 Å². The van der Waals surface area contributed by atoms with E-state index in [0.29, 0.717) is 0 Å². The maximum atomic E-state index is 12.7. The quantitative estimate of drug-likeness (QED) is 0.733. The first-order valence-corrected chi connectivity index (χ1v) is 7.84. The molecule has 7 nitrogen and oxygen atoms in total. The van der Waals surface area contributed by atoms with Crippen molar-refractivity contribution < 1.29 is 19.1 Å². The van der Waals surface area contributed by atoms with Crippen molar-refractivity contribution in [3.05, 3.63) is 35.9 Å². The summed E-state index contributed by atoms with van der Waals surface area (Å²) < 4.78 is 4.95. The van der Waals surface area contributed by atoms with E-state index in [1.165, 1.54) is 17.0 Å². The average Bonchev–Trinajstić information content (AvgIpc) is 2.57. The van der Waals surface area contributed by atoms with E-state index in [4.69, 9.17) is 4.74 Å². The van der Waals surface area contributed by atoms with E-state index < -0.39 is 5.97 Å². The number of ether oxygens (including phenoxy) is 1. The van der Waals surface area contributed by atoms with Crippen molar-refractivity contribution >= 4 is 23.5 Å².